The van der Waals surface area contributed by atoms with Gasteiger partial charge >= 0.3 is 0 Å². The Balaban J connectivity index is 1.95. The lowest BCUT2D eigenvalue weighted by Gasteiger charge is -2.15. The predicted molar refractivity (Wildman–Crippen MR) is 85.1 cm³/mol. The van der Waals surface area contributed by atoms with Gasteiger partial charge < -0.3 is 10.1 Å². The molecular weight excluding hydrogens is 322 g/mol. The molecule has 4 heteroatoms. The van der Waals surface area contributed by atoms with Crippen molar-refractivity contribution >= 4 is 27.3 Å². The highest BCUT2D eigenvalue weighted by Crippen LogP contribution is 2.27. The number of hydrogen-bond acceptors (Lipinski definition) is 3. The maximum absolute atomic E-state index is 5.17. The molecule has 1 atom stereocenters. The van der Waals surface area contributed by atoms with Crippen molar-refractivity contribution < 1.29 is 4.74 Å². The van der Waals surface area contributed by atoms with Crippen molar-refractivity contribution in [2.24, 2.45) is 0 Å². The van der Waals surface area contributed by atoms with E-state index in [2.05, 4.69) is 44.8 Å². The fourth-order valence-electron chi connectivity index (χ4n) is 2.09. The zero-order valence-corrected chi connectivity index (χ0v) is 13.6. The van der Waals surface area contributed by atoms with Crippen LogP contribution in [-0.4, -0.2) is 14.2 Å². The van der Waals surface area contributed by atoms with E-state index in [0.717, 1.165) is 18.6 Å². The average Bonchev–Trinajstić information content (AvgIpc) is 2.87. The van der Waals surface area contributed by atoms with Crippen LogP contribution in [-0.2, 0) is 6.42 Å². The van der Waals surface area contributed by atoms with Crippen molar-refractivity contribution in [3.63, 3.8) is 0 Å². The molecule has 1 N–H and O–H groups in total. The van der Waals surface area contributed by atoms with Gasteiger partial charge in [0.2, 0.25) is 0 Å². The van der Waals surface area contributed by atoms with E-state index in [1.54, 1.807) is 18.4 Å². The minimum atomic E-state index is 0.407. The average molecular weight is 340 g/mol. The Morgan fingerprint density at radius 1 is 1.32 bits per heavy atom. The number of rotatable bonds is 6. The molecule has 0 spiro atoms. The summed E-state index contributed by atoms with van der Waals surface area (Å²) in [6, 6.07) is 10.9. The third-order valence-corrected chi connectivity index (χ3v) is 4.74. The minimum Gasteiger partial charge on any atom is -0.497 e. The summed E-state index contributed by atoms with van der Waals surface area (Å²) in [7, 11) is 3.71. The first-order valence-electron chi connectivity index (χ1n) is 6.27. The van der Waals surface area contributed by atoms with E-state index in [-0.39, 0.29) is 0 Å². The highest BCUT2D eigenvalue weighted by Gasteiger charge is 2.11. The van der Waals surface area contributed by atoms with Crippen molar-refractivity contribution in [2.75, 3.05) is 14.2 Å². The van der Waals surface area contributed by atoms with Crippen LogP contribution < -0.4 is 10.1 Å². The highest BCUT2D eigenvalue weighted by molar-refractivity contribution is 9.11. The van der Waals surface area contributed by atoms with Gasteiger partial charge in [0.05, 0.1) is 10.9 Å². The Morgan fingerprint density at radius 3 is 2.58 bits per heavy atom. The Morgan fingerprint density at radius 2 is 2.05 bits per heavy atom. The number of thiophene rings is 1. The molecule has 0 aliphatic carbocycles. The van der Waals surface area contributed by atoms with Crippen LogP contribution in [0.4, 0.5) is 0 Å². The number of hydrogen-bond donors (Lipinski definition) is 1. The zero-order valence-electron chi connectivity index (χ0n) is 11.2. The first kappa shape index (κ1) is 14.6. The summed E-state index contributed by atoms with van der Waals surface area (Å²) >= 11 is 5.25. The summed E-state index contributed by atoms with van der Waals surface area (Å²) in [6.07, 6.45) is 2.15. The topological polar surface area (TPSA) is 21.3 Å². The molecule has 2 rings (SSSR count). The predicted octanol–water partition coefficient (Wildman–Crippen LogP) is 4.41. The number of halogens is 1. The molecule has 0 aliphatic rings. The molecule has 2 aromatic rings. The molecule has 0 radical (unpaired) electrons. The quantitative estimate of drug-likeness (QED) is 0.841. The Hall–Kier alpha value is -0.840. The first-order valence-corrected chi connectivity index (χ1v) is 7.94. The molecule has 19 heavy (non-hydrogen) atoms. The van der Waals surface area contributed by atoms with Crippen LogP contribution in [0.1, 0.15) is 23.6 Å². The van der Waals surface area contributed by atoms with Crippen LogP contribution in [0.25, 0.3) is 0 Å². The van der Waals surface area contributed by atoms with Gasteiger partial charge in [-0.1, -0.05) is 12.1 Å². The largest absolute Gasteiger partial charge is 0.497 e. The normalized spacial score (nSPS) is 12.4. The second kappa shape index (κ2) is 7.08. The molecule has 0 saturated heterocycles. The van der Waals surface area contributed by atoms with Gasteiger partial charge in [0.1, 0.15) is 5.75 Å². The van der Waals surface area contributed by atoms with Gasteiger partial charge in [0.25, 0.3) is 0 Å². The standard InChI is InChI=1S/C15H18BrNOS/c1-17-14(12-9-15(16)19-10-12)8-5-11-3-6-13(18-2)7-4-11/h3-4,6-7,9-10,14,17H,5,8H2,1-2H3. The van der Waals surface area contributed by atoms with Gasteiger partial charge in [-0.3, -0.25) is 0 Å². The van der Waals surface area contributed by atoms with E-state index in [9.17, 15) is 0 Å². The van der Waals surface area contributed by atoms with Gasteiger partial charge in [-0.25, -0.2) is 0 Å². The van der Waals surface area contributed by atoms with E-state index in [1.165, 1.54) is 14.9 Å². The van der Waals surface area contributed by atoms with Crippen molar-refractivity contribution in [1.82, 2.24) is 5.32 Å². The van der Waals surface area contributed by atoms with Crippen LogP contribution in [0.2, 0.25) is 0 Å². The van der Waals surface area contributed by atoms with Crippen molar-refractivity contribution in [2.45, 2.75) is 18.9 Å². The van der Waals surface area contributed by atoms with Crippen molar-refractivity contribution in [3.05, 3.63) is 50.6 Å². The van der Waals surface area contributed by atoms with Crippen LogP contribution in [0.3, 0.4) is 0 Å². The molecule has 0 saturated carbocycles. The molecule has 0 bridgehead atoms. The Labute approximate surface area is 126 Å². The van der Waals surface area contributed by atoms with Crippen LogP contribution >= 0.6 is 27.3 Å². The molecule has 2 nitrogen and oxygen atoms in total. The van der Waals surface area contributed by atoms with Gasteiger partial charge in [0, 0.05) is 6.04 Å². The maximum Gasteiger partial charge on any atom is 0.118 e. The van der Waals surface area contributed by atoms with Gasteiger partial charge in [-0.2, -0.15) is 0 Å². The van der Waals surface area contributed by atoms with Crippen molar-refractivity contribution in [1.29, 1.82) is 0 Å². The fourth-order valence-corrected chi connectivity index (χ4v) is 3.32. The number of aryl methyl sites for hydroxylation is 1. The van der Waals surface area contributed by atoms with Gasteiger partial charge in [0.15, 0.2) is 0 Å². The van der Waals surface area contributed by atoms with Crippen LogP contribution in [0.5, 0.6) is 5.75 Å². The third kappa shape index (κ3) is 4.06. The molecule has 0 aliphatic heterocycles. The summed E-state index contributed by atoms with van der Waals surface area (Å²) in [4.78, 5) is 0. The van der Waals surface area contributed by atoms with Gasteiger partial charge in [-0.05, 0) is 70.5 Å². The lowest BCUT2D eigenvalue weighted by Crippen LogP contribution is -2.16. The summed E-state index contributed by atoms with van der Waals surface area (Å²) in [6.45, 7) is 0. The third-order valence-electron chi connectivity index (χ3n) is 3.22. The molecule has 102 valence electrons. The number of benzene rings is 1. The summed E-state index contributed by atoms with van der Waals surface area (Å²) in [5, 5.41) is 5.59. The molecule has 0 amide bonds. The molecule has 1 unspecified atom stereocenters. The summed E-state index contributed by atoms with van der Waals surface area (Å²) < 4.78 is 6.36. The Bertz CT molecular complexity index is 509. The van der Waals surface area contributed by atoms with Crippen LogP contribution in [0.15, 0.2) is 39.5 Å². The molecular formula is C15H18BrNOS. The minimum absolute atomic E-state index is 0.407. The second-order valence-electron chi connectivity index (χ2n) is 4.41. The smallest absolute Gasteiger partial charge is 0.118 e. The second-order valence-corrected chi connectivity index (χ2v) is 6.70. The fraction of sp³-hybridized carbons (Fsp3) is 0.333. The molecule has 0 fully saturated rings. The van der Waals surface area contributed by atoms with E-state index >= 15 is 0 Å². The SMILES string of the molecule is CNC(CCc1ccc(OC)cc1)c1csc(Br)c1. The van der Waals surface area contributed by atoms with Crippen molar-refractivity contribution in [3.8, 4) is 5.75 Å². The van der Waals surface area contributed by atoms with E-state index < -0.39 is 0 Å². The number of nitrogens with one attached hydrogen (secondary N) is 1. The first-order chi connectivity index (χ1) is 9.22. The monoisotopic (exact) mass is 339 g/mol. The van der Waals surface area contributed by atoms with E-state index in [0.29, 0.717) is 6.04 Å². The Kier molecular flexibility index (Phi) is 5.43. The maximum atomic E-state index is 5.17. The number of methoxy groups -OCH3 is 1. The number of ether oxygens (including phenoxy) is 1. The summed E-state index contributed by atoms with van der Waals surface area (Å²) in [5.74, 6) is 0.913. The highest BCUT2D eigenvalue weighted by atomic mass is 79.9. The van der Waals surface area contributed by atoms with Gasteiger partial charge in [-0.15, -0.1) is 11.3 Å². The van der Waals surface area contributed by atoms with Crippen LogP contribution in [0, 0.1) is 0 Å². The van der Waals surface area contributed by atoms with E-state index in [1.807, 2.05) is 19.2 Å². The zero-order chi connectivity index (χ0) is 13.7. The van der Waals surface area contributed by atoms with E-state index in [4.69, 9.17) is 4.74 Å². The summed E-state index contributed by atoms with van der Waals surface area (Å²) in [5.41, 5.74) is 2.70. The molecule has 1 aromatic carbocycles. The lowest BCUT2D eigenvalue weighted by atomic mass is 10.0. The molecule has 1 heterocycles. The lowest BCUT2D eigenvalue weighted by molar-refractivity contribution is 0.414. The molecule has 1 aromatic heterocycles.